The largest absolute Gasteiger partial charge is 0.490 e. The van der Waals surface area contributed by atoms with Crippen molar-refractivity contribution in [3.05, 3.63) is 23.9 Å². The molecule has 2 fully saturated rings. The number of carbonyl (C=O) groups is 2. The SMILES string of the molecule is CCOC1CCOC2(C1)CN(Cc1cccnc1OC)C2.O=C(O)C(F)(F)F.O=C(O)C(F)(F)F. The van der Waals surface area contributed by atoms with Crippen LogP contribution >= 0.6 is 0 Å². The highest BCUT2D eigenvalue weighted by molar-refractivity contribution is 5.73. The highest BCUT2D eigenvalue weighted by Crippen LogP contribution is 2.36. The fourth-order valence-corrected chi connectivity index (χ4v) is 3.43. The molecule has 2 N–H and O–H groups in total. The molecule has 0 aliphatic carbocycles. The predicted octanol–water partition coefficient (Wildman–Crippen LogP) is 3.13. The fraction of sp³-hybridized carbons (Fsp3) is 0.650. The molecule has 2 saturated heterocycles. The summed E-state index contributed by atoms with van der Waals surface area (Å²) in [4.78, 5) is 24.4. The maximum Gasteiger partial charge on any atom is 0.490 e. The van der Waals surface area contributed by atoms with Crippen LogP contribution in [0.25, 0.3) is 0 Å². The van der Waals surface area contributed by atoms with E-state index in [2.05, 4.69) is 22.9 Å². The molecule has 0 saturated carbocycles. The van der Waals surface area contributed by atoms with Gasteiger partial charge in [0.05, 0.1) is 18.8 Å². The first-order valence-electron chi connectivity index (χ1n) is 10.2. The van der Waals surface area contributed by atoms with Crippen LogP contribution in [0, 0.1) is 0 Å². The zero-order chi connectivity index (χ0) is 26.9. The molecule has 2 aliphatic heterocycles. The smallest absolute Gasteiger partial charge is 0.481 e. The first-order valence-corrected chi connectivity index (χ1v) is 10.2. The molecular weight excluding hydrogens is 494 g/mol. The van der Waals surface area contributed by atoms with E-state index < -0.39 is 24.3 Å². The number of ether oxygens (including phenoxy) is 3. The fourth-order valence-electron chi connectivity index (χ4n) is 3.43. The number of pyridine rings is 1. The number of rotatable bonds is 5. The molecule has 3 heterocycles. The lowest BCUT2D eigenvalue weighted by atomic mass is 9.84. The van der Waals surface area contributed by atoms with Crippen LogP contribution in [0.2, 0.25) is 0 Å². The molecule has 0 amide bonds. The second-order valence-corrected chi connectivity index (χ2v) is 7.52. The van der Waals surface area contributed by atoms with Crippen molar-refractivity contribution in [1.29, 1.82) is 0 Å². The number of hydrogen-bond acceptors (Lipinski definition) is 7. The van der Waals surface area contributed by atoms with Gasteiger partial charge in [0.1, 0.15) is 0 Å². The van der Waals surface area contributed by atoms with Gasteiger partial charge in [-0.15, -0.1) is 0 Å². The Kier molecular flexibility index (Phi) is 11.2. The van der Waals surface area contributed by atoms with E-state index in [9.17, 15) is 26.3 Å². The van der Waals surface area contributed by atoms with Gasteiger partial charge in [0, 0.05) is 51.0 Å². The van der Waals surface area contributed by atoms with Crippen molar-refractivity contribution >= 4 is 11.9 Å². The second kappa shape index (κ2) is 12.9. The number of carboxylic acid groups (broad SMARTS) is 2. The summed E-state index contributed by atoms with van der Waals surface area (Å²) in [5.74, 6) is -4.80. The molecule has 2 aliphatic rings. The van der Waals surface area contributed by atoms with Crippen LogP contribution < -0.4 is 4.74 Å². The van der Waals surface area contributed by atoms with Crippen LogP contribution in [-0.4, -0.2) is 89.5 Å². The van der Waals surface area contributed by atoms with E-state index >= 15 is 0 Å². The minimum atomic E-state index is -5.08. The van der Waals surface area contributed by atoms with Gasteiger partial charge in [0.2, 0.25) is 5.88 Å². The number of aromatic nitrogens is 1. The van der Waals surface area contributed by atoms with Crippen LogP contribution in [0.5, 0.6) is 5.88 Å². The molecule has 1 aromatic rings. The molecule has 0 bridgehead atoms. The van der Waals surface area contributed by atoms with E-state index in [4.69, 9.17) is 34.0 Å². The molecular formula is C20H26F6N2O7. The van der Waals surface area contributed by atoms with E-state index in [0.717, 1.165) is 57.1 Å². The lowest BCUT2D eigenvalue weighted by Crippen LogP contribution is -2.65. The molecule has 35 heavy (non-hydrogen) atoms. The first kappa shape index (κ1) is 30.4. The molecule has 1 unspecified atom stereocenters. The van der Waals surface area contributed by atoms with Crippen molar-refractivity contribution in [2.45, 2.75) is 50.4 Å². The van der Waals surface area contributed by atoms with Crippen LogP contribution in [0.4, 0.5) is 26.3 Å². The Labute approximate surface area is 196 Å². The minimum absolute atomic E-state index is 0.00747. The molecule has 1 atom stereocenters. The molecule has 15 heteroatoms. The molecule has 9 nitrogen and oxygen atoms in total. The van der Waals surface area contributed by atoms with Gasteiger partial charge in [0.25, 0.3) is 0 Å². The van der Waals surface area contributed by atoms with Gasteiger partial charge in [-0.1, -0.05) is 6.07 Å². The zero-order valence-electron chi connectivity index (χ0n) is 18.9. The summed E-state index contributed by atoms with van der Waals surface area (Å²) in [6, 6.07) is 4.02. The standard InChI is InChI=1S/C16H24N2O3.2C2HF3O2/c1-3-20-14-6-8-21-16(9-14)11-18(12-16)10-13-5-4-7-17-15(13)19-2;2*3-2(4,5)1(6)7/h4-5,7,14H,3,6,8-12H2,1-2H3;2*(H,6,7). The summed E-state index contributed by atoms with van der Waals surface area (Å²) in [7, 11) is 1.67. The van der Waals surface area contributed by atoms with Crippen molar-refractivity contribution in [2.75, 3.05) is 33.4 Å². The number of nitrogens with zero attached hydrogens (tertiary/aromatic N) is 2. The number of aliphatic carboxylic acids is 2. The van der Waals surface area contributed by atoms with Gasteiger partial charge in [-0.3, -0.25) is 4.90 Å². The molecule has 1 spiro atoms. The van der Waals surface area contributed by atoms with E-state index in [0.29, 0.717) is 6.10 Å². The second-order valence-electron chi connectivity index (χ2n) is 7.52. The highest BCUT2D eigenvalue weighted by Gasteiger charge is 2.47. The summed E-state index contributed by atoms with van der Waals surface area (Å²) in [6.07, 6.45) is -6.01. The van der Waals surface area contributed by atoms with Crippen molar-refractivity contribution in [3.63, 3.8) is 0 Å². The number of carboxylic acids is 2. The van der Waals surface area contributed by atoms with Gasteiger partial charge < -0.3 is 24.4 Å². The lowest BCUT2D eigenvalue weighted by molar-refractivity contribution is -0.198. The Morgan fingerprint density at radius 1 is 1.17 bits per heavy atom. The Balaban J connectivity index is 0.000000362. The summed E-state index contributed by atoms with van der Waals surface area (Å²) in [5, 5.41) is 14.2. The summed E-state index contributed by atoms with van der Waals surface area (Å²) in [6.45, 7) is 6.46. The Hall–Kier alpha value is -2.65. The monoisotopic (exact) mass is 520 g/mol. The predicted molar refractivity (Wildman–Crippen MR) is 107 cm³/mol. The van der Waals surface area contributed by atoms with E-state index in [1.807, 2.05) is 6.07 Å². The Morgan fingerprint density at radius 2 is 1.71 bits per heavy atom. The topological polar surface area (TPSA) is 118 Å². The van der Waals surface area contributed by atoms with Crippen molar-refractivity contribution < 1.29 is 60.4 Å². The number of alkyl halides is 6. The molecule has 3 rings (SSSR count). The quantitative estimate of drug-likeness (QED) is 0.565. The summed E-state index contributed by atoms with van der Waals surface area (Å²) >= 11 is 0. The maximum atomic E-state index is 10.6. The van der Waals surface area contributed by atoms with Crippen LogP contribution in [0.3, 0.4) is 0 Å². The number of hydrogen-bond donors (Lipinski definition) is 2. The first-order chi connectivity index (χ1) is 16.1. The van der Waals surface area contributed by atoms with E-state index in [1.54, 1.807) is 13.3 Å². The average molecular weight is 520 g/mol. The Bertz CT molecular complexity index is 803. The number of methoxy groups -OCH3 is 1. The zero-order valence-corrected chi connectivity index (χ0v) is 18.9. The Morgan fingerprint density at radius 3 is 2.17 bits per heavy atom. The van der Waals surface area contributed by atoms with Crippen LogP contribution in [0.1, 0.15) is 25.3 Å². The van der Waals surface area contributed by atoms with E-state index in [-0.39, 0.29) is 5.60 Å². The number of likely N-dealkylation sites (tertiary alicyclic amines) is 1. The van der Waals surface area contributed by atoms with Gasteiger partial charge in [-0.05, 0) is 19.4 Å². The molecule has 1 aromatic heterocycles. The molecule has 200 valence electrons. The lowest BCUT2D eigenvalue weighted by Gasteiger charge is -2.53. The summed E-state index contributed by atoms with van der Waals surface area (Å²) in [5.41, 5.74) is 1.14. The van der Waals surface area contributed by atoms with Crippen LogP contribution in [0.15, 0.2) is 18.3 Å². The van der Waals surface area contributed by atoms with Gasteiger partial charge in [-0.2, -0.15) is 26.3 Å². The van der Waals surface area contributed by atoms with Gasteiger partial charge in [-0.25, -0.2) is 14.6 Å². The van der Waals surface area contributed by atoms with Crippen LogP contribution in [-0.2, 0) is 25.6 Å². The maximum absolute atomic E-state index is 10.6. The van der Waals surface area contributed by atoms with Gasteiger partial charge in [0.15, 0.2) is 0 Å². The van der Waals surface area contributed by atoms with Crippen molar-refractivity contribution in [1.82, 2.24) is 9.88 Å². The third-order valence-corrected chi connectivity index (χ3v) is 4.80. The number of halogens is 6. The molecule has 0 aromatic carbocycles. The van der Waals surface area contributed by atoms with Crippen molar-refractivity contribution in [3.8, 4) is 5.88 Å². The molecule has 0 radical (unpaired) electrons. The normalized spacial score (nSPS) is 19.4. The summed E-state index contributed by atoms with van der Waals surface area (Å²) < 4.78 is 80.6. The van der Waals surface area contributed by atoms with E-state index in [1.165, 1.54) is 0 Å². The minimum Gasteiger partial charge on any atom is -0.481 e. The average Bonchev–Trinajstić information content (AvgIpc) is 2.73. The third kappa shape index (κ3) is 10.2. The highest BCUT2D eigenvalue weighted by atomic mass is 19.4. The van der Waals surface area contributed by atoms with Gasteiger partial charge >= 0.3 is 24.3 Å². The third-order valence-electron chi connectivity index (χ3n) is 4.80. The van der Waals surface area contributed by atoms with Crippen molar-refractivity contribution in [2.24, 2.45) is 0 Å².